The molecule has 3 N–H and O–H groups in total. The summed E-state index contributed by atoms with van der Waals surface area (Å²) in [5, 5.41) is 27.9. The first-order chi connectivity index (χ1) is 15.3. The average molecular weight is 456 g/mol. The van der Waals surface area contributed by atoms with Crippen LogP contribution in [0.1, 0.15) is 29.3 Å². The normalized spacial score (nSPS) is 16.0. The van der Waals surface area contributed by atoms with Gasteiger partial charge in [-0.3, -0.25) is 14.5 Å². The number of ether oxygens (including phenoxy) is 1. The number of carbonyl (C=O) groups is 3. The lowest BCUT2D eigenvalue weighted by Crippen LogP contribution is -2.28. The van der Waals surface area contributed by atoms with Crippen molar-refractivity contribution in [1.82, 2.24) is 4.90 Å². The molecule has 2 aromatic carbocycles. The number of aliphatic imine (C=N–C) groups is 1. The third-order valence-electron chi connectivity index (χ3n) is 4.39. The summed E-state index contributed by atoms with van der Waals surface area (Å²) in [7, 11) is 0. The first kappa shape index (κ1) is 22.9. The molecule has 9 nitrogen and oxygen atoms in total. The van der Waals surface area contributed by atoms with E-state index in [1.165, 1.54) is 17.0 Å². The highest BCUT2D eigenvalue weighted by atomic mass is 32.2. The number of amidine groups is 1. The van der Waals surface area contributed by atoms with E-state index < -0.39 is 11.9 Å². The molecule has 0 bridgehead atoms. The lowest BCUT2D eigenvalue weighted by atomic mass is 10.2. The monoisotopic (exact) mass is 456 g/mol. The lowest BCUT2D eigenvalue weighted by Gasteiger charge is -2.12. The number of hydrogen-bond donors (Lipinski definition) is 3. The Morgan fingerprint density at radius 1 is 1.16 bits per heavy atom. The molecule has 0 aliphatic carbocycles. The van der Waals surface area contributed by atoms with Gasteiger partial charge in [-0.25, -0.2) is 9.79 Å². The standard InChI is InChI=1S/C22H20N2O7S/c1-2-24-20(28)18(11-13-3-6-15(7-4-13)31-10-9-19(26)27)32-22(24)23-17-8-5-14(25)12-16(17)21(29)30/h3-8,11-12,25H,2,9-10H2,1H3,(H,26,27)(H,29,30)/b18-11-,23-22?. The first-order valence-electron chi connectivity index (χ1n) is 9.59. The number of benzene rings is 2. The quantitative estimate of drug-likeness (QED) is 0.513. The van der Waals surface area contributed by atoms with Gasteiger partial charge in [0, 0.05) is 6.54 Å². The number of phenols is 1. The smallest absolute Gasteiger partial charge is 0.338 e. The Morgan fingerprint density at radius 3 is 2.50 bits per heavy atom. The molecule has 0 radical (unpaired) electrons. The van der Waals surface area contributed by atoms with Crippen molar-refractivity contribution >= 4 is 46.5 Å². The van der Waals surface area contributed by atoms with Gasteiger partial charge in [0.05, 0.1) is 29.2 Å². The van der Waals surface area contributed by atoms with Gasteiger partial charge in [0.15, 0.2) is 5.17 Å². The minimum atomic E-state index is -1.24. The number of rotatable bonds is 8. The number of carboxylic acids is 2. The van der Waals surface area contributed by atoms with Gasteiger partial charge < -0.3 is 20.1 Å². The molecule has 0 atom stereocenters. The first-order valence-corrected chi connectivity index (χ1v) is 10.4. The van der Waals surface area contributed by atoms with Crippen molar-refractivity contribution in [3.63, 3.8) is 0 Å². The van der Waals surface area contributed by atoms with Crippen molar-refractivity contribution in [3.05, 3.63) is 58.5 Å². The Hall–Kier alpha value is -3.79. The highest BCUT2D eigenvalue weighted by Crippen LogP contribution is 2.35. The van der Waals surface area contributed by atoms with Crippen molar-refractivity contribution < 1.29 is 34.4 Å². The second-order valence-electron chi connectivity index (χ2n) is 6.62. The van der Waals surface area contributed by atoms with Gasteiger partial charge >= 0.3 is 11.9 Å². The number of phenolic OH excluding ortho intramolecular Hbond substituents is 1. The number of carboxylic acid groups (broad SMARTS) is 2. The fourth-order valence-corrected chi connectivity index (χ4v) is 3.89. The van der Waals surface area contributed by atoms with Crippen LogP contribution in [0.5, 0.6) is 11.5 Å². The summed E-state index contributed by atoms with van der Waals surface area (Å²) in [6.07, 6.45) is 1.59. The second kappa shape index (κ2) is 10.0. The molecule has 3 rings (SSSR count). The maximum atomic E-state index is 12.8. The van der Waals surface area contributed by atoms with Crippen molar-refractivity contribution in [2.24, 2.45) is 4.99 Å². The molecule has 1 heterocycles. The van der Waals surface area contributed by atoms with Crippen LogP contribution in [0.4, 0.5) is 5.69 Å². The number of nitrogens with zero attached hydrogens (tertiary/aromatic N) is 2. The lowest BCUT2D eigenvalue weighted by molar-refractivity contribution is -0.137. The summed E-state index contributed by atoms with van der Waals surface area (Å²) >= 11 is 1.12. The maximum absolute atomic E-state index is 12.8. The zero-order valence-electron chi connectivity index (χ0n) is 17.0. The largest absolute Gasteiger partial charge is 0.508 e. The highest BCUT2D eigenvalue weighted by Gasteiger charge is 2.32. The zero-order chi connectivity index (χ0) is 23.3. The van der Waals surface area contributed by atoms with Gasteiger partial charge in [-0.05, 0) is 60.7 Å². The van der Waals surface area contributed by atoms with E-state index in [-0.39, 0.29) is 35.9 Å². The van der Waals surface area contributed by atoms with Gasteiger partial charge in [-0.15, -0.1) is 0 Å². The Bertz CT molecular complexity index is 1110. The van der Waals surface area contributed by atoms with Crippen LogP contribution in [0.3, 0.4) is 0 Å². The van der Waals surface area contributed by atoms with Crippen molar-refractivity contribution in [2.75, 3.05) is 13.2 Å². The number of aromatic carboxylic acids is 1. The second-order valence-corrected chi connectivity index (χ2v) is 7.63. The van der Waals surface area contributed by atoms with Crippen LogP contribution in [0, 0.1) is 0 Å². The number of likely N-dealkylation sites (N-methyl/N-ethyl adjacent to an activating group) is 1. The molecule has 0 unspecified atom stereocenters. The predicted octanol–water partition coefficient (Wildman–Crippen LogP) is 3.57. The van der Waals surface area contributed by atoms with Gasteiger partial charge in [-0.2, -0.15) is 0 Å². The van der Waals surface area contributed by atoms with E-state index in [9.17, 15) is 24.6 Å². The van der Waals surface area contributed by atoms with E-state index >= 15 is 0 Å². The summed E-state index contributed by atoms with van der Waals surface area (Å²) < 4.78 is 5.35. The third kappa shape index (κ3) is 5.46. The van der Waals surface area contributed by atoms with Gasteiger partial charge in [0.2, 0.25) is 0 Å². The number of carbonyl (C=O) groups excluding carboxylic acids is 1. The van der Waals surface area contributed by atoms with Gasteiger partial charge in [0.1, 0.15) is 11.5 Å². The number of amides is 1. The Morgan fingerprint density at radius 2 is 1.88 bits per heavy atom. The number of hydrogen-bond acceptors (Lipinski definition) is 7. The number of thioether (sulfide) groups is 1. The molecule has 1 aliphatic heterocycles. The molecule has 1 aliphatic rings. The van der Waals surface area contributed by atoms with E-state index in [0.29, 0.717) is 22.4 Å². The maximum Gasteiger partial charge on any atom is 0.338 e. The van der Waals surface area contributed by atoms with Crippen LogP contribution < -0.4 is 4.74 Å². The van der Waals surface area contributed by atoms with Crippen LogP contribution in [0.2, 0.25) is 0 Å². The van der Waals surface area contributed by atoms with Crippen LogP contribution in [-0.4, -0.2) is 56.4 Å². The molecule has 166 valence electrons. The summed E-state index contributed by atoms with van der Waals surface area (Å²) in [5.41, 5.74) is 0.699. The minimum absolute atomic E-state index is 0.0605. The van der Waals surface area contributed by atoms with E-state index in [1.54, 1.807) is 37.3 Å². The van der Waals surface area contributed by atoms with E-state index in [4.69, 9.17) is 9.84 Å². The molecule has 0 spiro atoms. The molecule has 0 aromatic heterocycles. The van der Waals surface area contributed by atoms with Gasteiger partial charge in [-0.1, -0.05) is 12.1 Å². The van der Waals surface area contributed by atoms with Gasteiger partial charge in [0.25, 0.3) is 5.91 Å². The Kier molecular flexibility index (Phi) is 7.16. The molecule has 10 heteroatoms. The molecule has 1 amide bonds. The number of aliphatic carboxylic acids is 1. The predicted molar refractivity (Wildman–Crippen MR) is 119 cm³/mol. The van der Waals surface area contributed by atoms with Crippen molar-refractivity contribution in [3.8, 4) is 11.5 Å². The van der Waals surface area contributed by atoms with E-state index in [2.05, 4.69) is 4.99 Å². The minimum Gasteiger partial charge on any atom is -0.508 e. The molecule has 0 saturated carbocycles. The summed E-state index contributed by atoms with van der Waals surface area (Å²) in [5.74, 6) is -2.11. The van der Waals surface area contributed by atoms with Crippen LogP contribution in [0.15, 0.2) is 52.4 Å². The Balaban J connectivity index is 1.82. The fourth-order valence-electron chi connectivity index (χ4n) is 2.83. The summed E-state index contributed by atoms with van der Waals surface area (Å²) in [6, 6.07) is 10.7. The molecular weight excluding hydrogens is 436 g/mol. The molecule has 1 saturated heterocycles. The molecule has 1 fully saturated rings. The zero-order valence-corrected chi connectivity index (χ0v) is 17.8. The Labute approximate surface area is 187 Å². The van der Waals surface area contributed by atoms with Crippen LogP contribution >= 0.6 is 11.8 Å². The SMILES string of the molecule is CCN1C(=O)/C(=C/c2ccc(OCCC(=O)O)cc2)SC1=Nc1ccc(O)cc1C(=O)O. The summed E-state index contributed by atoms with van der Waals surface area (Å²) in [4.78, 5) is 41.1. The summed E-state index contributed by atoms with van der Waals surface area (Å²) in [6.45, 7) is 2.19. The fraction of sp³-hybridized carbons (Fsp3) is 0.182. The van der Waals surface area contributed by atoms with E-state index in [0.717, 1.165) is 23.4 Å². The highest BCUT2D eigenvalue weighted by molar-refractivity contribution is 8.18. The van der Waals surface area contributed by atoms with Crippen molar-refractivity contribution in [1.29, 1.82) is 0 Å². The third-order valence-corrected chi connectivity index (χ3v) is 5.40. The molecule has 2 aromatic rings. The molecular formula is C22H20N2O7S. The van der Waals surface area contributed by atoms with Crippen LogP contribution in [-0.2, 0) is 9.59 Å². The number of aromatic hydroxyl groups is 1. The molecule has 32 heavy (non-hydrogen) atoms. The van der Waals surface area contributed by atoms with E-state index in [1.807, 2.05) is 0 Å². The van der Waals surface area contributed by atoms with Crippen LogP contribution in [0.25, 0.3) is 6.08 Å². The topological polar surface area (TPSA) is 137 Å². The van der Waals surface area contributed by atoms with Crippen molar-refractivity contribution in [2.45, 2.75) is 13.3 Å². The average Bonchev–Trinajstić information content (AvgIpc) is 3.04.